The van der Waals surface area contributed by atoms with Crippen LogP contribution in [0.15, 0.2) is 82.2 Å². The number of carbonyl (C=O) groups excluding carboxylic acids is 2. The van der Waals surface area contributed by atoms with Crippen LogP contribution in [0.4, 0.5) is 11.4 Å². The van der Waals surface area contributed by atoms with Gasteiger partial charge in [-0.15, -0.1) is 11.8 Å². The second kappa shape index (κ2) is 9.52. The first-order valence-corrected chi connectivity index (χ1v) is 11.9. The van der Waals surface area contributed by atoms with Gasteiger partial charge in [-0.3, -0.25) is 9.59 Å². The molecule has 0 aliphatic carbocycles. The maximum Gasteiger partial charge on any atom is 0.258 e. The minimum Gasteiger partial charge on any atom is -0.338 e. The number of aryl methyl sites for hydroxylation is 1. The molecule has 0 saturated carbocycles. The predicted molar refractivity (Wildman–Crippen MR) is 131 cm³/mol. The van der Waals surface area contributed by atoms with Crippen molar-refractivity contribution in [3.05, 3.63) is 101 Å². The molecule has 4 aromatic rings. The topological polar surface area (TPSA) is 88.3 Å². The van der Waals surface area contributed by atoms with Gasteiger partial charge in [-0.25, -0.2) is 0 Å². The van der Waals surface area contributed by atoms with E-state index in [4.69, 9.17) is 4.52 Å². The average molecular weight is 471 g/mol. The van der Waals surface area contributed by atoms with Crippen LogP contribution in [0.5, 0.6) is 0 Å². The summed E-state index contributed by atoms with van der Waals surface area (Å²) in [7, 11) is 0. The van der Waals surface area contributed by atoms with Crippen LogP contribution < -0.4 is 10.2 Å². The molecule has 0 spiro atoms. The van der Waals surface area contributed by atoms with Crippen molar-refractivity contribution >= 4 is 35.0 Å². The van der Waals surface area contributed by atoms with Gasteiger partial charge in [-0.05, 0) is 61.4 Å². The van der Waals surface area contributed by atoms with Crippen LogP contribution in [0, 0.1) is 6.92 Å². The van der Waals surface area contributed by atoms with Crippen LogP contribution in [0.1, 0.15) is 38.0 Å². The third-order valence-electron chi connectivity index (χ3n) is 5.57. The number of hydrogen-bond acceptors (Lipinski definition) is 6. The van der Waals surface area contributed by atoms with Gasteiger partial charge in [-0.1, -0.05) is 35.5 Å². The number of rotatable bonds is 6. The highest BCUT2D eigenvalue weighted by Gasteiger charge is 2.25. The largest absolute Gasteiger partial charge is 0.338 e. The van der Waals surface area contributed by atoms with Gasteiger partial charge in [0.25, 0.3) is 11.8 Å². The number of nitrogens with one attached hydrogen (secondary N) is 1. The van der Waals surface area contributed by atoms with Gasteiger partial charge in [0, 0.05) is 28.4 Å². The lowest BCUT2D eigenvalue weighted by molar-refractivity contribution is 0.0988. The van der Waals surface area contributed by atoms with Crippen molar-refractivity contribution in [2.24, 2.45) is 0 Å². The van der Waals surface area contributed by atoms with Crippen molar-refractivity contribution in [2.75, 3.05) is 16.8 Å². The molecule has 170 valence electrons. The zero-order chi connectivity index (χ0) is 23.5. The maximum absolute atomic E-state index is 13.0. The third kappa shape index (κ3) is 4.58. The number of amides is 2. The van der Waals surface area contributed by atoms with E-state index in [2.05, 4.69) is 21.5 Å². The summed E-state index contributed by atoms with van der Waals surface area (Å²) < 4.78 is 5.16. The number of fused-ring (bicyclic) bond motifs is 1. The van der Waals surface area contributed by atoms with Gasteiger partial charge in [0.2, 0.25) is 5.89 Å². The fourth-order valence-electron chi connectivity index (χ4n) is 3.92. The summed E-state index contributed by atoms with van der Waals surface area (Å²) in [5.74, 6) is 1.30. The Bertz CT molecular complexity index is 1350. The summed E-state index contributed by atoms with van der Waals surface area (Å²) in [6.45, 7) is 2.44. The predicted octanol–water partition coefficient (Wildman–Crippen LogP) is 5.13. The number of para-hydroxylation sites is 1. The molecular weight excluding hydrogens is 448 g/mol. The van der Waals surface area contributed by atoms with E-state index in [9.17, 15) is 9.59 Å². The van der Waals surface area contributed by atoms with Gasteiger partial charge in [-0.2, -0.15) is 4.98 Å². The Balaban J connectivity index is 1.26. The number of nitrogens with zero attached hydrogens (tertiary/aromatic N) is 3. The highest BCUT2D eigenvalue weighted by atomic mass is 32.2. The second-order valence-electron chi connectivity index (χ2n) is 7.89. The third-order valence-corrected chi connectivity index (χ3v) is 6.63. The summed E-state index contributed by atoms with van der Waals surface area (Å²) in [6, 6.07) is 22.3. The summed E-state index contributed by atoms with van der Waals surface area (Å²) >= 11 is 1.46. The van der Waals surface area contributed by atoms with Gasteiger partial charge in [0.15, 0.2) is 5.82 Å². The van der Waals surface area contributed by atoms with Crippen LogP contribution in [-0.2, 0) is 12.2 Å². The van der Waals surface area contributed by atoms with Crippen molar-refractivity contribution in [3.8, 4) is 0 Å². The molecule has 1 N–H and O–H groups in total. The lowest BCUT2D eigenvalue weighted by atomic mass is 10.1. The van der Waals surface area contributed by atoms with Crippen molar-refractivity contribution in [2.45, 2.75) is 24.0 Å². The molecule has 0 radical (unpaired) electrons. The summed E-state index contributed by atoms with van der Waals surface area (Å²) in [4.78, 5) is 32.8. The van der Waals surface area contributed by atoms with Gasteiger partial charge < -0.3 is 14.7 Å². The van der Waals surface area contributed by atoms with Crippen LogP contribution >= 0.6 is 11.8 Å². The Morgan fingerprint density at radius 3 is 2.59 bits per heavy atom. The minimum atomic E-state index is -0.225. The van der Waals surface area contributed by atoms with E-state index in [-0.39, 0.29) is 11.8 Å². The zero-order valence-electron chi connectivity index (χ0n) is 18.5. The SMILES string of the molecule is Cc1noc(CSc2ccccc2C(=O)Nc2ccc(C(=O)N3CCc4ccccc43)cc2)n1. The van der Waals surface area contributed by atoms with Crippen molar-refractivity contribution in [3.63, 3.8) is 0 Å². The number of carbonyl (C=O) groups is 2. The Morgan fingerprint density at radius 2 is 1.79 bits per heavy atom. The molecule has 1 aliphatic heterocycles. The molecule has 0 fully saturated rings. The fourth-order valence-corrected chi connectivity index (χ4v) is 4.81. The number of hydrogen-bond donors (Lipinski definition) is 1. The second-order valence-corrected chi connectivity index (χ2v) is 8.90. The van der Waals surface area contributed by atoms with E-state index in [1.807, 2.05) is 36.4 Å². The molecule has 0 atom stereocenters. The summed E-state index contributed by atoms with van der Waals surface area (Å²) in [5.41, 5.74) is 3.91. The molecule has 7 nitrogen and oxygen atoms in total. The maximum atomic E-state index is 13.0. The molecule has 34 heavy (non-hydrogen) atoms. The van der Waals surface area contributed by atoms with Crippen LogP contribution in [-0.4, -0.2) is 28.5 Å². The normalized spacial score (nSPS) is 12.4. The number of aromatic nitrogens is 2. The summed E-state index contributed by atoms with van der Waals surface area (Å²) in [6.07, 6.45) is 0.861. The quantitative estimate of drug-likeness (QED) is 0.393. The van der Waals surface area contributed by atoms with E-state index < -0.39 is 0 Å². The molecule has 0 saturated heterocycles. The van der Waals surface area contributed by atoms with E-state index in [0.717, 1.165) is 17.0 Å². The Labute approximate surface area is 201 Å². The highest BCUT2D eigenvalue weighted by Crippen LogP contribution is 2.29. The fraction of sp³-hybridized carbons (Fsp3) is 0.154. The van der Waals surface area contributed by atoms with E-state index in [1.165, 1.54) is 17.3 Å². The molecule has 0 bridgehead atoms. The van der Waals surface area contributed by atoms with Crippen molar-refractivity contribution in [1.29, 1.82) is 0 Å². The summed E-state index contributed by atoms with van der Waals surface area (Å²) in [5, 5.41) is 6.72. The highest BCUT2D eigenvalue weighted by molar-refractivity contribution is 7.98. The molecule has 1 aromatic heterocycles. The molecule has 0 unspecified atom stereocenters. The van der Waals surface area contributed by atoms with Crippen LogP contribution in [0.3, 0.4) is 0 Å². The molecule has 2 amide bonds. The van der Waals surface area contributed by atoms with E-state index in [0.29, 0.717) is 40.8 Å². The number of thioether (sulfide) groups is 1. The molecule has 3 aromatic carbocycles. The Morgan fingerprint density at radius 1 is 1.03 bits per heavy atom. The molecular formula is C26H22N4O3S. The first-order valence-electron chi connectivity index (χ1n) is 10.9. The Kier molecular flexibility index (Phi) is 6.14. The van der Waals surface area contributed by atoms with Gasteiger partial charge >= 0.3 is 0 Å². The zero-order valence-corrected chi connectivity index (χ0v) is 19.3. The van der Waals surface area contributed by atoms with Crippen molar-refractivity contribution in [1.82, 2.24) is 10.1 Å². The molecule has 5 rings (SSSR count). The first-order chi connectivity index (χ1) is 16.6. The number of benzene rings is 3. The van der Waals surface area contributed by atoms with Crippen LogP contribution in [0.25, 0.3) is 0 Å². The standard InChI is InChI=1S/C26H22N4O3S/c1-17-27-24(33-29-17)16-34-23-9-5-3-7-21(23)25(31)28-20-12-10-19(11-13-20)26(32)30-15-14-18-6-2-4-8-22(18)30/h2-13H,14-16H2,1H3,(H,28,31). The lowest BCUT2D eigenvalue weighted by Crippen LogP contribution is -2.28. The molecule has 1 aliphatic rings. The molecule has 8 heteroatoms. The number of anilines is 2. The lowest BCUT2D eigenvalue weighted by Gasteiger charge is -2.17. The van der Waals surface area contributed by atoms with Gasteiger partial charge in [0.05, 0.1) is 11.3 Å². The monoisotopic (exact) mass is 470 g/mol. The smallest absolute Gasteiger partial charge is 0.258 e. The van der Waals surface area contributed by atoms with Crippen molar-refractivity contribution < 1.29 is 14.1 Å². The van der Waals surface area contributed by atoms with E-state index in [1.54, 1.807) is 42.2 Å². The average Bonchev–Trinajstić information content (AvgIpc) is 3.49. The first kappa shape index (κ1) is 21.9. The van der Waals surface area contributed by atoms with E-state index >= 15 is 0 Å². The molecule has 2 heterocycles. The Hall–Kier alpha value is -3.91. The van der Waals surface area contributed by atoms with Crippen LogP contribution in [0.2, 0.25) is 0 Å². The van der Waals surface area contributed by atoms with Gasteiger partial charge in [0.1, 0.15) is 0 Å². The minimum absolute atomic E-state index is 0.0409.